The minimum Gasteiger partial charge on any atom is -0.455 e. The van der Waals surface area contributed by atoms with Crippen LogP contribution in [-0.4, -0.2) is 4.98 Å². The molecule has 17 heavy (non-hydrogen) atoms. The summed E-state index contributed by atoms with van der Waals surface area (Å²) < 4.78 is 5.78. The molecule has 0 spiro atoms. The highest BCUT2D eigenvalue weighted by Crippen LogP contribution is 2.26. The molecule has 0 saturated carbocycles. The van der Waals surface area contributed by atoms with E-state index in [2.05, 4.69) is 18.8 Å². The molecule has 3 heteroatoms. The zero-order valence-corrected chi connectivity index (χ0v) is 10.9. The Bertz CT molecular complexity index is 552. The third-order valence-corrected chi connectivity index (χ3v) is 2.94. The smallest absolute Gasteiger partial charge is 0.148 e. The first-order valence-corrected chi connectivity index (χ1v) is 5.81. The Morgan fingerprint density at radius 1 is 1.00 bits per heavy atom. The molecule has 0 aliphatic heterocycles. The van der Waals surface area contributed by atoms with Crippen LogP contribution in [0.25, 0.3) is 0 Å². The highest BCUT2D eigenvalue weighted by atomic mass is 35.5. The zero-order valence-electron chi connectivity index (χ0n) is 10.1. The van der Waals surface area contributed by atoms with Gasteiger partial charge in [0.25, 0.3) is 0 Å². The fourth-order valence-electron chi connectivity index (χ4n) is 1.52. The topological polar surface area (TPSA) is 22.1 Å². The second kappa shape index (κ2) is 4.76. The quantitative estimate of drug-likeness (QED) is 0.732. The predicted octanol–water partition coefficient (Wildman–Crippen LogP) is 4.45. The third kappa shape index (κ3) is 2.77. The van der Waals surface area contributed by atoms with Crippen LogP contribution in [0.15, 0.2) is 30.5 Å². The van der Waals surface area contributed by atoms with Crippen molar-refractivity contribution in [3.63, 3.8) is 0 Å². The van der Waals surface area contributed by atoms with Gasteiger partial charge in [-0.2, -0.15) is 0 Å². The minimum atomic E-state index is 0.481. The number of rotatable bonds is 2. The number of aryl methyl sites for hydroxylation is 3. The molecule has 2 rings (SSSR count). The van der Waals surface area contributed by atoms with Gasteiger partial charge < -0.3 is 4.74 Å². The van der Waals surface area contributed by atoms with E-state index in [1.54, 1.807) is 12.3 Å². The Kier molecular flexibility index (Phi) is 3.34. The van der Waals surface area contributed by atoms with Gasteiger partial charge in [0, 0.05) is 0 Å². The molecule has 2 aromatic rings. The van der Waals surface area contributed by atoms with Gasteiger partial charge in [0.05, 0.1) is 6.20 Å². The van der Waals surface area contributed by atoms with Crippen molar-refractivity contribution in [1.82, 2.24) is 4.98 Å². The molecule has 0 radical (unpaired) electrons. The second-order valence-corrected chi connectivity index (χ2v) is 4.51. The summed E-state index contributed by atoms with van der Waals surface area (Å²) in [7, 11) is 0. The maximum Gasteiger partial charge on any atom is 0.148 e. The Morgan fingerprint density at radius 2 is 1.76 bits per heavy atom. The Labute approximate surface area is 106 Å². The van der Waals surface area contributed by atoms with E-state index in [0.29, 0.717) is 5.15 Å². The largest absolute Gasteiger partial charge is 0.455 e. The van der Waals surface area contributed by atoms with E-state index < -0.39 is 0 Å². The van der Waals surface area contributed by atoms with Crippen LogP contribution in [-0.2, 0) is 0 Å². The molecule has 2 nitrogen and oxygen atoms in total. The van der Waals surface area contributed by atoms with Crippen molar-refractivity contribution in [3.05, 3.63) is 52.3 Å². The van der Waals surface area contributed by atoms with E-state index in [1.807, 2.05) is 25.1 Å². The molecule has 0 amide bonds. The number of aromatic nitrogens is 1. The fourth-order valence-corrected chi connectivity index (χ4v) is 1.73. The molecular formula is C14H14ClNO. The first-order chi connectivity index (χ1) is 8.06. The summed E-state index contributed by atoms with van der Waals surface area (Å²) in [5, 5.41) is 0.481. The monoisotopic (exact) mass is 247 g/mol. The molecule has 0 N–H and O–H groups in total. The van der Waals surface area contributed by atoms with Gasteiger partial charge in [-0.05, 0) is 55.7 Å². The summed E-state index contributed by atoms with van der Waals surface area (Å²) in [6.45, 7) is 6.09. The van der Waals surface area contributed by atoms with E-state index in [4.69, 9.17) is 16.3 Å². The van der Waals surface area contributed by atoms with Gasteiger partial charge in [-0.3, -0.25) is 0 Å². The molecule has 0 bridgehead atoms. The van der Waals surface area contributed by atoms with Gasteiger partial charge in [-0.25, -0.2) is 4.98 Å². The maximum atomic E-state index is 5.80. The average molecular weight is 248 g/mol. The van der Waals surface area contributed by atoms with Crippen LogP contribution in [0.5, 0.6) is 11.5 Å². The zero-order chi connectivity index (χ0) is 12.4. The summed E-state index contributed by atoms with van der Waals surface area (Å²) in [6, 6.07) is 7.81. The number of nitrogens with zero attached hydrogens (tertiary/aromatic N) is 1. The van der Waals surface area contributed by atoms with Gasteiger partial charge in [0.2, 0.25) is 0 Å². The van der Waals surface area contributed by atoms with Gasteiger partial charge in [0.15, 0.2) is 0 Å². The molecule has 0 fully saturated rings. The lowest BCUT2D eigenvalue weighted by atomic mass is 10.1. The Hall–Kier alpha value is -1.54. The summed E-state index contributed by atoms with van der Waals surface area (Å²) >= 11 is 5.80. The Morgan fingerprint density at radius 3 is 2.41 bits per heavy atom. The van der Waals surface area contributed by atoms with Crippen LogP contribution in [0.1, 0.15) is 16.7 Å². The summed E-state index contributed by atoms with van der Waals surface area (Å²) in [5.74, 6) is 1.55. The summed E-state index contributed by atoms with van der Waals surface area (Å²) in [6.07, 6.45) is 1.65. The van der Waals surface area contributed by atoms with Gasteiger partial charge in [-0.15, -0.1) is 0 Å². The lowest BCUT2D eigenvalue weighted by Crippen LogP contribution is -1.90. The van der Waals surface area contributed by atoms with E-state index in [1.165, 1.54) is 11.1 Å². The van der Waals surface area contributed by atoms with Crippen molar-refractivity contribution >= 4 is 11.6 Å². The number of benzene rings is 1. The number of hydrogen-bond donors (Lipinski definition) is 0. The van der Waals surface area contributed by atoms with Crippen LogP contribution >= 0.6 is 11.6 Å². The molecule has 0 aliphatic carbocycles. The predicted molar refractivity (Wildman–Crippen MR) is 70.0 cm³/mol. The van der Waals surface area contributed by atoms with Crippen LogP contribution in [0.2, 0.25) is 5.15 Å². The molecule has 1 aromatic heterocycles. The molecule has 0 aliphatic rings. The van der Waals surface area contributed by atoms with Crippen molar-refractivity contribution in [2.45, 2.75) is 20.8 Å². The third-order valence-electron chi connectivity index (χ3n) is 2.74. The molecular weight excluding hydrogens is 234 g/mol. The number of halogens is 1. The minimum absolute atomic E-state index is 0.481. The van der Waals surface area contributed by atoms with Crippen molar-refractivity contribution in [2.75, 3.05) is 0 Å². The molecule has 88 valence electrons. The number of pyridine rings is 1. The van der Waals surface area contributed by atoms with Gasteiger partial charge in [-0.1, -0.05) is 17.7 Å². The molecule has 1 aromatic carbocycles. The standard InChI is InChI=1S/C14H14ClNO/c1-9-4-5-12(6-10(9)2)17-13-8-16-14(15)7-11(13)3/h4-8H,1-3H3. The highest BCUT2D eigenvalue weighted by molar-refractivity contribution is 6.29. The Balaban J connectivity index is 2.28. The van der Waals surface area contributed by atoms with Crippen molar-refractivity contribution in [2.24, 2.45) is 0 Å². The fraction of sp³-hybridized carbons (Fsp3) is 0.214. The lowest BCUT2D eigenvalue weighted by Gasteiger charge is -2.09. The molecule has 0 unspecified atom stereocenters. The van der Waals surface area contributed by atoms with Crippen molar-refractivity contribution < 1.29 is 4.74 Å². The molecule has 1 heterocycles. The SMILES string of the molecule is Cc1ccc(Oc2cnc(Cl)cc2C)cc1C. The first kappa shape index (κ1) is 11.9. The van der Waals surface area contributed by atoms with Crippen LogP contribution in [0.4, 0.5) is 0 Å². The van der Waals surface area contributed by atoms with E-state index >= 15 is 0 Å². The average Bonchev–Trinajstić information content (AvgIpc) is 2.27. The number of ether oxygens (including phenoxy) is 1. The van der Waals surface area contributed by atoms with Crippen LogP contribution < -0.4 is 4.74 Å². The molecule has 0 atom stereocenters. The summed E-state index contributed by atoms with van der Waals surface area (Å²) in [4.78, 5) is 4.02. The normalized spacial score (nSPS) is 10.4. The second-order valence-electron chi connectivity index (χ2n) is 4.12. The van der Waals surface area contributed by atoms with Crippen LogP contribution in [0.3, 0.4) is 0 Å². The summed E-state index contributed by atoms with van der Waals surface area (Å²) in [5.41, 5.74) is 3.44. The number of hydrogen-bond acceptors (Lipinski definition) is 2. The molecule has 0 saturated heterocycles. The van der Waals surface area contributed by atoms with E-state index in [-0.39, 0.29) is 0 Å². The van der Waals surface area contributed by atoms with Crippen molar-refractivity contribution in [1.29, 1.82) is 0 Å². The van der Waals surface area contributed by atoms with E-state index in [9.17, 15) is 0 Å². The van der Waals surface area contributed by atoms with Gasteiger partial charge in [0.1, 0.15) is 16.7 Å². The lowest BCUT2D eigenvalue weighted by molar-refractivity contribution is 0.476. The maximum absolute atomic E-state index is 5.80. The van der Waals surface area contributed by atoms with Gasteiger partial charge >= 0.3 is 0 Å². The highest BCUT2D eigenvalue weighted by Gasteiger charge is 2.04. The van der Waals surface area contributed by atoms with Crippen molar-refractivity contribution in [3.8, 4) is 11.5 Å². The van der Waals surface area contributed by atoms with E-state index in [0.717, 1.165) is 17.1 Å². The first-order valence-electron chi connectivity index (χ1n) is 5.43. The van der Waals surface area contributed by atoms with Crippen LogP contribution in [0, 0.1) is 20.8 Å².